The number of nitrogens with zero attached hydrogens (tertiary/aromatic N) is 4. The van der Waals surface area contributed by atoms with Crippen molar-refractivity contribution in [3.63, 3.8) is 0 Å². The summed E-state index contributed by atoms with van der Waals surface area (Å²) in [5, 5.41) is 7.12. The van der Waals surface area contributed by atoms with E-state index >= 15 is 0 Å². The molecule has 0 radical (unpaired) electrons. The highest BCUT2D eigenvalue weighted by Gasteiger charge is 2.17. The minimum Gasteiger partial charge on any atom is -0.310 e. The standard InChI is InChI=1S/C17H24N4O.C7H13N.4C2H6/c1-4-6-13(7-5-2)17(22)20-16-10-14(8-9-18-16)15-11-19-21(3)12-15;1-5-6(2)7(3)8-4;4*1-2/h8-13H,4-7H2,1-3H3,(H,18,20,22);2,5H2,1,3-4H3;4*1-2H3. The van der Waals surface area contributed by atoms with Crippen molar-refractivity contribution in [1.82, 2.24) is 14.8 Å². The van der Waals surface area contributed by atoms with Crippen LogP contribution in [0.5, 0.6) is 0 Å². The third-order valence-electron chi connectivity index (χ3n) is 4.97. The Morgan fingerprint density at radius 3 is 1.89 bits per heavy atom. The number of aromatic nitrogens is 3. The number of hydrogen-bond donors (Lipinski definition) is 1. The molecule has 2 aromatic rings. The summed E-state index contributed by atoms with van der Waals surface area (Å²) < 4.78 is 1.76. The number of carbonyl (C=O) groups is 1. The molecule has 0 fully saturated rings. The van der Waals surface area contributed by atoms with Crippen molar-refractivity contribution in [1.29, 1.82) is 0 Å². The second-order valence-electron chi connectivity index (χ2n) is 7.36. The van der Waals surface area contributed by atoms with E-state index in [1.807, 2.05) is 87.7 Å². The Morgan fingerprint density at radius 2 is 1.53 bits per heavy atom. The highest BCUT2D eigenvalue weighted by atomic mass is 16.1. The van der Waals surface area contributed by atoms with Crippen LogP contribution in [-0.2, 0) is 11.8 Å². The Kier molecular flexibility index (Phi) is 33.9. The molecule has 0 atom stereocenters. The zero-order valence-electron chi connectivity index (χ0n) is 27.4. The van der Waals surface area contributed by atoms with Crippen LogP contribution in [0.2, 0.25) is 0 Å². The summed E-state index contributed by atoms with van der Waals surface area (Å²) in [6, 6.07) is 3.81. The quantitative estimate of drug-likeness (QED) is 0.327. The van der Waals surface area contributed by atoms with Crippen LogP contribution in [0.4, 0.5) is 5.82 Å². The van der Waals surface area contributed by atoms with Gasteiger partial charge in [-0.25, -0.2) is 4.98 Å². The summed E-state index contributed by atoms with van der Waals surface area (Å²) >= 11 is 0. The lowest BCUT2D eigenvalue weighted by atomic mass is 9.97. The van der Waals surface area contributed by atoms with Gasteiger partial charge in [0.1, 0.15) is 5.82 Å². The number of hydrogen-bond acceptors (Lipinski definition) is 4. The number of aryl methyl sites for hydroxylation is 1. The van der Waals surface area contributed by atoms with Crippen molar-refractivity contribution >= 4 is 17.4 Å². The first-order valence-corrected chi connectivity index (χ1v) is 14.7. The second-order valence-corrected chi connectivity index (χ2v) is 7.36. The smallest absolute Gasteiger partial charge is 0.228 e. The van der Waals surface area contributed by atoms with Crippen LogP contribution in [0.15, 0.2) is 47.9 Å². The molecule has 6 nitrogen and oxygen atoms in total. The maximum Gasteiger partial charge on any atom is 0.228 e. The number of aliphatic imine (C=N–C) groups is 1. The Morgan fingerprint density at radius 1 is 1.00 bits per heavy atom. The van der Waals surface area contributed by atoms with Gasteiger partial charge in [0.25, 0.3) is 0 Å². The zero-order valence-corrected chi connectivity index (χ0v) is 27.4. The molecule has 1 N–H and O–H groups in total. The lowest BCUT2D eigenvalue weighted by Gasteiger charge is -2.15. The van der Waals surface area contributed by atoms with E-state index in [9.17, 15) is 4.79 Å². The number of anilines is 1. The Bertz CT molecular complexity index is 834. The molecule has 220 valence electrons. The summed E-state index contributed by atoms with van der Waals surface area (Å²) in [7, 11) is 3.67. The third-order valence-corrected chi connectivity index (χ3v) is 4.97. The van der Waals surface area contributed by atoms with Crippen LogP contribution in [-0.4, -0.2) is 33.4 Å². The fourth-order valence-electron chi connectivity index (χ4n) is 2.99. The van der Waals surface area contributed by atoms with Crippen LogP contribution in [0.3, 0.4) is 0 Å². The van der Waals surface area contributed by atoms with Crippen molar-refractivity contribution in [2.45, 2.75) is 115 Å². The summed E-state index contributed by atoms with van der Waals surface area (Å²) in [6.07, 6.45) is 10.3. The van der Waals surface area contributed by atoms with Crippen molar-refractivity contribution in [2.75, 3.05) is 12.4 Å². The van der Waals surface area contributed by atoms with E-state index in [4.69, 9.17) is 0 Å². The van der Waals surface area contributed by atoms with Gasteiger partial charge in [-0.05, 0) is 49.5 Å². The zero-order chi connectivity index (χ0) is 30.5. The molecule has 1 amide bonds. The van der Waals surface area contributed by atoms with Gasteiger partial charge >= 0.3 is 0 Å². The van der Waals surface area contributed by atoms with Crippen LogP contribution in [0, 0.1) is 5.92 Å². The van der Waals surface area contributed by atoms with Crippen molar-refractivity contribution in [2.24, 2.45) is 18.0 Å². The van der Waals surface area contributed by atoms with Crippen molar-refractivity contribution in [3.8, 4) is 11.1 Å². The van der Waals surface area contributed by atoms with Gasteiger partial charge in [0.2, 0.25) is 5.91 Å². The molecule has 0 bridgehead atoms. The van der Waals surface area contributed by atoms with E-state index in [0.29, 0.717) is 5.82 Å². The summed E-state index contributed by atoms with van der Waals surface area (Å²) in [4.78, 5) is 20.6. The number of amides is 1. The van der Waals surface area contributed by atoms with Crippen LogP contribution in [0.25, 0.3) is 11.1 Å². The van der Waals surface area contributed by atoms with Crippen LogP contribution in [0.1, 0.15) is 115 Å². The molecule has 0 unspecified atom stereocenters. The molecule has 2 rings (SSSR count). The monoisotopic (exact) mass is 531 g/mol. The highest BCUT2D eigenvalue weighted by Crippen LogP contribution is 2.21. The summed E-state index contributed by atoms with van der Waals surface area (Å²) in [5.74, 6) is 0.738. The van der Waals surface area contributed by atoms with Crippen LogP contribution >= 0.6 is 0 Å². The first-order chi connectivity index (χ1) is 18.4. The first-order valence-electron chi connectivity index (χ1n) is 14.7. The van der Waals surface area contributed by atoms with E-state index < -0.39 is 0 Å². The van der Waals surface area contributed by atoms with Crippen LogP contribution < -0.4 is 5.32 Å². The summed E-state index contributed by atoms with van der Waals surface area (Å²) in [6.45, 7) is 28.1. The predicted molar refractivity (Wildman–Crippen MR) is 172 cm³/mol. The molecular weight excluding hydrogens is 470 g/mol. The minimum absolute atomic E-state index is 0.0684. The average Bonchev–Trinajstić information content (AvgIpc) is 3.43. The molecule has 0 aliphatic heterocycles. The molecule has 0 spiro atoms. The Labute approximate surface area is 236 Å². The van der Waals surface area contributed by atoms with E-state index in [1.54, 1.807) is 24.1 Å². The molecule has 0 aliphatic carbocycles. The van der Waals surface area contributed by atoms with Crippen molar-refractivity contribution < 1.29 is 4.79 Å². The van der Waals surface area contributed by atoms with Gasteiger partial charge in [-0.1, -0.05) is 95.6 Å². The molecule has 2 aromatic heterocycles. The third kappa shape index (κ3) is 19.4. The highest BCUT2D eigenvalue weighted by molar-refractivity contribution is 5.97. The molecule has 0 aliphatic rings. The molecule has 0 aromatic carbocycles. The maximum absolute atomic E-state index is 12.4. The normalized spacial score (nSPS) is 9.39. The topological polar surface area (TPSA) is 72.2 Å². The van der Waals surface area contributed by atoms with Gasteiger partial charge in [-0.3, -0.25) is 14.5 Å². The molecule has 6 heteroatoms. The van der Waals surface area contributed by atoms with Gasteiger partial charge in [0.05, 0.1) is 6.20 Å². The second kappa shape index (κ2) is 30.5. The minimum atomic E-state index is 0.0684. The molecule has 0 saturated heterocycles. The largest absolute Gasteiger partial charge is 0.310 e. The lowest BCUT2D eigenvalue weighted by Crippen LogP contribution is -2.23. The Balaban J connectivity index is -0.000000303. The van der Waals surface area contributed by atoms with Gasteiger partial charge in [-0.15, -0.1) is 0 Å². The maximum atomic E-state index is 12.4. The number of nitrogens with one attached hydrogen (secondary N) is 1. The van der Waals surface area contributed by atoms with E-state index in [1.165, 1.54) is 0 Å². The molecule has 38 heavy (non-hydrogen) atoms. The van der Waals surface area contributed by atoms with Gasteiger partial charge in [0, 0.05) is 43.7 Å². The fourth-order valence-corrected chi connectivity index (χ4v) is 2.99. The van der Waals surface area contributed by atoms with E-state index in [2.05, 4.69) is 47.7 Å². The van der Waals surface area contributed by atoms with Gasteiger partial charge in [-0.2, -0.15) is 5.10 Å². The lowest BCUT2D eigenvalue weighted by molar-refractivity contribution is -0.120. The number of pyridine rings is 1. The average molecular weight is 532 g/mol. The molecular formula is C32H61N5O. The van der Waals surface area contributed by atoms with Gasteiger partial charge < -0.3 is 5.32 Å². The number of allylic oxidation sites excluding steroid dienone is 1. The molecule has 2 heterocycles. The first kappa shape index (κ1) is 42.3. The SMILES string of the molecule is C=C(CC)C(C)=NC.CC.CC.CC.CC.CCCC(CCC)C(=O)Nc1cc(-c2cnn(C)c2)ccn1. The van der Waals surface area contributed by atoms with E-state index in [-0.39, 0.29) is 11.8 Å². The number of rotatable bonds is 9. The summed E-state index contributed by atoms with van der Waals surface area (Å²) in [5.41, 5.74) is 4.21. The molecule has 0 saturated carbocycles. The predicted octanol–water partition coefficient (Wildman–Crippen LogP) is 9.79. The number of carbonyl (C=O) groups excluding carboxylic acids is 1. The van der Waals surface area contributed by atoms with E-state index in [0.717, 1.165) is 54.5 Å². The fraction of sp³-hybridized carbons (Fsp3) is 0.625. The van der Waals surface area contributed by atoms with Gasteiger partial charge in [0.15, 0.2) is 0 Å². The van der Waals surface area contributed by atoms with Crippen molar-refractivity contribution in [3.05, 3.63) is 42.9 Å². The Hall–Kier alpha value is -2.76.